The van der Waals surface area contributed by atoms with E-state index in [1.165, 1.54) is 0 Å². The van der Waals surface area contributed by atoms with Crippen LogP contribution in [0.5, 0.6) is 0 Å². The molecular formula is C16H29NO2SeSi. The van der Waals surface area contributed by atoms with Crippen LogP contribution in [0.15, 0.2) is 10.5 Å². The first-order valence-electron chi connectivity index (χ1n) is 7.92. The number of hydrogen-bond donors (Lipinski definition) is 0. The molecule has 0 N–H and O–H groups in total. The Balaban J connectivity index is 2.06. The molecule has 3 nitrogen and oxygen atoms in total. The normalized spacial score (nSPS) is 27.9. The summed E-state index contributed by atoms with van der Waals surface area (Å²) in [4.78, 5) is 14.9. The predicted molar refractivity (Wildman–Crippen MR) is 90.9 cm³/mol. The standard InChI is InChI=1S/C16H29NO2SeSi/c1-8-12-9-10-17-14(18)13(15(17)20-12)11(2)19-21(6,7)16(3,4)5/h9,11,13,15H,8,10H2,1-7H3/t11-,13+,15-/m1/s1. The van der Waals surface area contributed by atoms with Crippen LogP contribution in [0, 0.1) is 5.92 Å². The Morgan fingerprint density at radius 2 is 2.10 bits per heavy atom. The van der Waals surface area contributed by atoms with Crippen molar-refractivity contribution in [2.24, 2.45) is 5.92 Å². The van der Waals surface area contributed by atoms with Gasteiger partial charge in [0.25, 0.3) is 0 Å². The van der Waals surface area contributed by atoms with Crippen molar-refractivity contribution in [2.75, 3.05) is 6.54 Å². The third-order valence-corrected chi connectivity index (χ3v) is 12.9. The van der Waals surface area contributed by atoms with Crippen molar-refractivity contribution >= 4 is 29.2 Å². The minimum atomic E-state index is -1.80. The molecule has 0 saturated carbocycles. The summed E-state index contributed by atoms with van der Waals surface area (Å²) in [5.41, 5.74) is 0. The van der Waals surface area contributed by atoms with Gasteiger partial charge in [-0.1, -0.05) is 0 Å². The van der Waals surface area contributed by atoms with E-state index in [-0.39, 0.29) is 17.1 Å². The minimum absolute atomic E-state index is 0.0534. The van der Waals surface area contributed by atoms with Crippen molar-refractivity contribution in [1.82, 2.24) is 4.90 Å². The van der Waals surface area contributed by atoms with Gasteiger partial charge < -0.3 is 0 Å². The van der Waals surface area contributed by atoms with E-state index in [4.69, 9.17) is 4.43 Å². The average molecular weight is 374 g/mol. The van der Waals surface area contributed by atoms with E-state index >= 15 is 0 Å². The van der Waals surface area contributed by atoms with Gasteiger partial charge in [-0.2, -0.15) is 0 Å². The quantitative estimate of drug-likeness (QED) is 0.559. The number of fused-ring (bicyclic) bond motifs is 1. The fourth-order valence-corrected chi connectivity index (χ4v) is 7.13. The Kier molecular flexibility index (Phi) is 4.80. The Hall–Kier alpha value is -0.0936. The van der Waals surface area contributed by atoms with Crippen LogP contribution >= 0.6 is 0 Å². The molecule has 1 amide bonds. The summed E-state index contributed by atoms with van der Waals surface area (Å²) in [5, 5.41) is 0.194. The van der Waals surface area contributed by atoms with E-state index in [9.17, 15) is 4.79 Å². The Morgan fingerprint density at radius 3 is 2.62 bits per heavy atom. The zero-order valence-electron chi connectivity index (χ0n) is 14.4. The van der Waals surface area contributed by atoms with Crippen LogP contribution in [0.2, 0.25) is 18.1 Å². The summed E-state index contributed by atoms with van der Waals surface area (Å²) in [7, 11) is -1.80. The molecule has 3 atom stereocenters. The molecule has 0 bridgehead atoms. The first-order valence-corrected chi connectivity index (χ1v) is 12.7. The SMILES string of the molecule is CCC1=CCN2C(=O)[C@H]([C@@H](C)O[Si](C)(C)C(C)(C)C)[C@H]2[Se]1. The molecule has 0 spiro atoms. The summed E-state index contributed by atoms with van der Waals surface area (Å²) >= 11 is 0.427. The van der Waals surface area contributed by atoms with Crippen molar-refractivity contribution in [1.29, 1.82) is 0 Å². The van der Waals surface area contributed by atoms with Gasteiger partial charge in [0.2, 0.25) is 0 Å². The van der Waals surface area contributed by atoms with E-state index in [2.05, 4.69) is 58.7 Å². The maximum atomic E-state index is 12.4. The second-order valence-corrected chi connectivity index (χ2v) is 15.0. The number of carbonyl (C=O) groups excluding carboxylic acids is 1. The molecular weight excluding hydrogens is 345 g/mol. The number of nitrogens with zero attached hydrogens (tertiary/aromatic N) is 1. The van der Waals surface area contributed by atoms with E-state index in [1.54, 1.807) is 4.47 Å². The first kappa shape index (κ1) is 17.3. The number of allylic oxidation sites excluding steroid dienone is 1. The molecule has 21 heavy (non-hydrogen) atoms. The predicted octanol–water partition coefficient (Wildman–Crippen LogP) is 3.19. The molecule has 0 aliphatic carbocycles. The van der Waals surface area contributed by atoms with Crippen molar-refractivity contribution < 1.29 is 9.22 Å². The van der Waals surface area contributed by atoms with Gasteiger partial charge in [0.15, 0.2) is 0 Å². The molecule has 2 heterocycles. The van der Waals surface area contributed by atoms with Gasteiger partial charge in [0.05, 0.1) is 0 Å². The van der Waals surface area contributed by atoms with Crippen molar-refractivity contribution in [3.05, 3.63) is 10.5 Å². The van der Waals surface area contributed by atoms with Crippen molar-refractivity contribution in [3.8, 4) is 0 Å². The topological polar surface area (TPSA) is 29.5 Å². The van der Waals surface area contributed by atoms with E-state index in [0.717, 1.165) is 13.0 Å². The molecule has 0 radical (unpaired) electrons. The molecule has 1 fully saturated rings. The van der Waals surface area contributed by atoms with Crippen LogP contribution in [0.25, 0.3) is 0 Å². The van der Waals surface area contributed by atoms with E-state index in [1.807, 2.05) is 0 Å². The molecule has 0 aromatic heterocycles. The summed E-state index contributed by atoms with van der Waals surface area (Å²) in [6.07, 6.45) is 3.44. The second-order valence-electron chi connectivity index (χ2n) is 7.63. The number of hydrogen-bond acceptors (Lipinski definition) is 2. The second kappa shape index (κ2) is 5.84. The molecule has 0 unspecified atom stereocenters. The van der Waals surface area contributed by atoms with Gasteiger partial charge in [-0.05, 0) is 0 Å². The Morgan fingerprint density at radius 1 is 1.48 bits per heavy atom. The maximum absolute atomic E-state index is 12.4. The van der Waals surface area contributed by atoms with Crippen LogP contribution in [0.3, 0.4) is 0 Å². The van der Waals surface area contributed by atoms with Crippen LogP contribution < -0.4 is 0 Å². The molecule has 2 aliphatic rings. The molecule has 0 aromatic rings. The number of amides is 1. The first-order chi connectivity index (χ1) is 9.58. The van der Waals surface area contributed by atoms with Crippen LogP contribution in [-0.4, -0.2) is 51.7 Å². The molecule has 120 valence electrons. The van der Waals surface area contributed by atoms with Crippen LogP contribution in [0.1, 0.15) is 41.0 Å². The van der Waals surface area contributed by atoms with E-state index < -0.39 is 8.32 Å². The monoisotopic (exact) mass is 375 g/mol. The van der Waals surface area contributed by atoms with Gasteiger partial charge in [-0.15, -0.1) is 0 Å². The number of rotatable bonds is 4. The molecule has 1 saturated heterocycles. The van der Waals surface area contributed by atoms with Gasteiger partial charge in [-0.25, -0.2) is 0 Å². The van der Waals surface area contributed by atoms with Crippen LogP contribution in [-0.2, 0) is 9.22 Å². The summed E-state index contributed by atoms with van der Waals surface area (Å²) in [6, 6.07) is 0. The Labute approximate surface area is 136 Å². The summed E-state index contributed by atoms with van der Waals surface area (Å²) in [5.74, 6) is 0.397. The zero-order valence-corrected chi connectivity index (χ0v) is 17.1. The number of carbonyl (C=O) groups is 1. The van der Waals surface area contributed by atoms with Gasteiger partial charge in [0.1, 0.15) is 0 Å². The van der Waals surface area contributed by atoms with Crippen molar-refractivity contribution in [2.45, 2.75) is 70.2 Å². The third-order valence-electron chi connectivity index (χ3n) is 5.11. The zero-order chi connectivity index (χ0) is 16.0. The van der Waals surface area contributed by atoms with Gasteiger partial charge in [-0.3, -0.25) is 0 Å². The molecule has 0 aromatic carbocycles. The van der Waals surface area contributed by atoms with E-state index in [0.29, 0.717) is 25.8 Å². The average Bonchev–Trinajstić information content (AvgIpc) is 2.35. The van der Waals surface area contributed by atoms with Gasteiger partial charge >= 0.3 is 137 Å². The molecule has 2 rings (SSSR count). The van der Waals surface area contributed by atoms with Gasteiger partial charge in [0, 0.05) is 0 Å². The molecule has 2 aliphatic heterocycles. The summed E-state index contributed by atoms with van der Waals surface area (Å²) < 4.78 is 8.03. The molecule has 5 heteroatoms. The third kappa shape index (κ3) is 3.17. The summed E-state index contributed by atoms with van der Waals surface area (Å²) in [6.45, 7) is 16.4. The number of β-lactam (4-membered cyclic amide) rings is 1. The fraction of sp³-hybridized carbons (Fsp3) is 0.812. The Bertz CT molecular complexity index is 456. The van der Waals surface area contributed by atoms with Crippen molar-refractivity contribution in [3.63, 3.8) is 0 Å². The fourth-order valence-electron chi connectivity index (χ4n) is 2.66. The van der Waals surface area contributed by atoms with Crippen LogP contribution in [0.4, 0.5) is 0 Å².